The third kappa shape index (κ3) is 5.93. The highest BCUT2D eigenvalue weighted by Crippen LogP contribution is 2.24. The van der Waals surface area contributed by atoms with E-state index in [0.29, 0.717) is 30.1 Å². The lowest BCUT2D eigenvalue weighted by atomic mass is 10.2. The van der Waals surface area contributed by atoms with Crippen molar-refractivity contribution in [1.82, 2.24) is 9.80 Å². The van der Waals surface area contributed by atoms with Crippen LogP contribution in [0.4, 0.5) is 10.1 Å². The predicted octanol–water partition coefficient (Wildman–Crippen LogP) is 1.94. The molecule has 0 aliphatic carbocycles. The molecule has 0 spiro atoms. The minimum Gasteiger partial charge on any atom is -0.484 e. The number of hydrogen-bond donors (Lipinski definition) is 0. The second-order valence-electron chi connectivity index (χ2n) is 7.36. The van der Waals surface area contributed by atoms with Gasteiger partial charge in [0.15, 0.2) is 6.61 Å². The van der Waals surface area contributed by atoms with Gasteiger partial charge in [-0.2, -0.15) is 0 Å². The Balaban J connectivity index is 1.63. The lowest BCUT2D eigenvalue weighted by molar-refractivity contribution is -0.134. The summed E-state index contributed by atoms with van der Waals surface area (Å²) in [4.78, 5) is 16.2. The highest BCUT2D eigenvalue weighted by atomic mass is 32.2. The molecular formula is C21H26FN3O4S. The van der Waals surface area contributed by atoms with E-state index in [1.807, 2.05) is 7.05 Å². The Hall–Kier alpha value is -2.65. The van der Waals surface area contributed by atoms with Gasteiger partial charge in [-0.1, -0.05) is 12.1 Å². The Labute approximate surface area is 176 Å². The summed E-state index contributed by atoms with van der Waals surface area (Å²) in [6, 6.07) is 12.2. The van der Waals surface area contributed by atoms with Crippen molar-refractivity contribution in [3.8, 4) is 5.75 Å². The van der Waals surface area contributed by atoms with Gasteiger partial charge in [-0.25, -0.2) is 12.8 Å². The van der Waals surface area contributed by atoms with Crippen LogP contribution < -0.4 is 9.04 Å². The lowest BCUT2D eigenvalue weighted by Gasteiger charge is -2.32. The third-order valence-corrected chi connectivity index (χ3v) is 6.12. The number of piperazine rings is 1. The number of sulfonamides is 1. The SMILES string of the molecule is CN1CCN(C(=O)COc2ccc(N(Cc3ccc(F)cc3)S(C)(=O)=O)cc2)CC1. The molecule has 1 saturated heterocycles. The van der Waals surface area contributed by atoms with Crippen LogP contribution in [0.3, 0.4) is 0 Å². The first kappa shape index (κ1) is 22.0. The first-order valence-electron chi connectivity index (χ1n) is 9.64. The molecule has 0 N–H and O–H groups in total. The van der Waals surface area contributed by atoms with Gasteiger partial charge in [-0.05, 0) is 49.0 Å². The molecule has 7 nitrogen and oxygen atoms in total. The van der Waals surface area contributed by atoms with E-state index in [-0.39, 0.29) is 24.9 Å². The van der Waals surface area contributed by atoms with Crippen molar-refractivity contribution < 1.29 is 22.3 Å². The number of anilines is 1. The fraction of sp³-hybridized carbons (Fsp3) is 0.381. The number of ether oxygens (including phenoxy) is 1. The fourth-order valence-corrected chi connectivity index (χ4v) is 4.04. The molecule has 0 saturated carbocycles. The number of likely N-dealkylation sites (N-methyl/N-ethyl adjacent to an activating group) is 1. The maximum atomic E-state index is 13.1. The maximum Gasteiger partial charge on any atom is 0.260 e. The minimum atomic E-state index is -3.55. The molecule has 30 heavy (non-hydrogen) atoms. The van der Waals surface area contributed by atoms with Crippen LogP contribution in [-0.4, -0.2) is 70.2 Å². The predicted molar refractivity (Wildman–Crippen MR) is 113 cm³/mol. The molecule has 1 heterocycles. The monoisotopic (exact) mass is 435 g/mol. The van der Waals surface area contributed by atoms with Gasteiger partial charge in [0.25, 0.3) is 5.91 Å². The summed E-state index contributed by atoms with van der Waals surface area (Å²) in [5, 5.41) is 0. The molecule has 1 aliphatic rings. The fourth-order valence-electron chi connectivity index (χ4n) is 3.16. The van der Waals surface area contributed by atoms with Crippen molar-refractivity contribution in [2.45, 2.75) is 6.54 Å². The van der Waals surface area contributed by atoms with Crippen molar-refractivity contribution in [3.63, 3.8) is 0 Å². The largest absolute Gasteiger partial charge is 0.484 e. The molecule has 3 rings (SSSR count). The van der Waals surface area contributed by atoms with Gasteiger partial charge in [0.1, 0.15) is 11.6 Å². The summed E-state index contributed by atoms with van der Waals surface area (Å²) in [6.07, 6.45) is 1.12. The number of carbonyl (C=O) groups is 1. The summed E-state index contributed by atoms with van der Waals surface area (Å²) < 4.78 is 44.5. The number of hydrogen-bond acceptors (Lipinski definition) is 5. The van der Waals surface area contributed by atoms with Crippen molar-refractivity contribution in [2.24, 2.45) is 0 Å². The molecule has 2 aromatic carbocycles. The number of amides is 1. The third-order valence-electron chi connectivity index (χ3n) is 4.98. The van der Waals surface area contributed by atoms with Crippen LogP contribution in [0.15, 0.2) is 48.5 Å². The summed E-state index contributed by atoms with van der Waals surface area (Å²) in [7, 11) is -1.53. The Morgan fingerprint density at radius 1 is 1.03 bits per heavy atom. The van der Waals surface area contributed by atoms with E-state index in [1.165, 1.54) is 16.4 Å². The smallest absolute Gasteiger partial charge is 0.260 e. The van der Waals surface area contributed by atoms with Crippen molar-refractivity contribution in [2.75, 3.05) is 50.4 Å². The molecule has 0 radical (unpaired) electrons. The Kier molecular flexibility index (Phi) is 6.94. The molecular weight excluding hydrogens is 409 g/mol. The molecule has 2 aromatic rings. The van der Waals surface area contributed by atoms with Crippen LogP contribution >= 0.6 is 0 Å². The van der Waals surface area contributed by atoms with Crippen LogP contribution in [0, 0.1) is 5.82 Å². The molecule has 0 aromatic heterocycles. The Morgan fingerprint density at radius 2 is 1.63 bits per heavy atom. The van der Waals surface area contributed by atoms with E-state index in [0.717, 1.165) is 19.3 Å². The second kappa shape index (κ2) is 9.44. The van der Waals surface area contributed by atoms with Crippen LogP contribution in [0.5, 0.6) is 5.75 Å². The second-order valence-corrected chi connectivity index (χ2v) is 9.27. The number of carbonyl (C=O) groups excluding carboxylic acids is 1. The van der Waals surface area contributed by atoms with E-state index >= 15 is 0 Å². The summed E-state index contributed by atoms with van der Waals surface area (Å²) in [5.41, 5.74) is 1.12. The van der Waals surface area contributed by atoms with Crippen molar-refractivity contribution in [1.29, 1.82) is 0 Å². The quantitative estimate of drug-likeness (QED) is 0.665. The molecule has 0 atom stereocenters. The van der Waals surface area contributed by atoms with E-state index in [2.05, 4.69) is 4.90 Å². The van der Waals surface area contributed by atoms with E-state index < -0.39 is 10.0 Å². The first-order chi connectivity index (χ1) is 14.2. The first-order valence-corrected chi connectivity index (χ1v) is 11.5. The molecule has 162 valence electrons. The molecule has 1 aliphatic heterocycles. The molecule has 9 heteroatoms. The van der Waals surface area contributed by atoms with E-state index in [4.69, 9.17) is 4.74 Å². The molecule has 1 fully saturated rings. The normalized spacial score (nSPS) is 15.1. The van der Waals surface area contributed by atoms with Crippen LogP contribution in [0.1, 0.15) is 5.56 Å². The van der Waals surface area contributed by atoms with E-state index in [9.17, 15) is 17.6 Å². The van der Waals surface area contributed by atoms with Gasteiger partial charge >= 0.3 is 0 Å². The van der Waals surface area contributed by atoms with Gasteiger partial charge in [-0.3, -0.25) is 9.10 Å². The van der Waals surface area contributed by atoms with E-state index in [1.54, 1.807) is 41.3 Å². The van der Waals surface area contributed by atoms with Gasteiger partial charge in [0.05, 0.1) is 18.5 Å². The zero-order valence-corrected chi connectivity index (χ0v) is 17.9. The highest BCUT2D eigenvalue weighted by molar-refractivity contribution is 7.92. The zero-order valence-electron chi connectivity index (χ0n) is 17.1. The van der Waals surface area contributed by atoms with Crippen molar-refractivity contribution >= 4 is 21.6 Å². The molecule has 0 unspecified atom stereocenters. The molecule has 0 bridgehead atoms. The summed E-state index contributed by atoms with van der Waals surface area (Å²) in [5.74, 6) is 0.0370. The molecule has 1 amide bonds. The maximum absolute atomic E-state index is 13.1. The number of nitrogens with zero attached hydrogens (tertiary/aromatic N) is 3. The van der Waals surface area contributed by atoms with Crippen LogP contribution in [0.25, 0.3) is 0 Å². The topological polar surface area (TPSA) is 70.2 Å². The van der Waals surface area contributed by atoms with Gasteiger partial charge in [-0.15, -0.1) is 0 Å². The van der Waals surface area contributed by atoms with Crippen LogP contribution in [-0.2, 0) is 21.4 Å². The average Bonchev–Trinajstić information content (AvgIpc) is 2.72. The van der Waals surface area contributed by atoms with Gasteiger partial charge in [0, 0.05) is 26.2 Å². The standard InChI is InChI=1S/C21H26FN3O4S/c1-23-11-13-24(14-12-23)21(26)16-29-20-9-7-19(8-10-20)25(30(2,27)28)15-17-3-5-18(22)6-4-17/h3-10H,11-16H2,1-2H3. The number of benzene rings is 2. The zero-order chi connectivity index (χ0) is 21.7. The Bertz CT molecular complexity index is 957. The van der Waals surface area contributed by atoms with Gasteiger partial charge < -0.3 is 14.5 Å². The Morgan fingerprint density at radius 3 is 2.20 bits per heavy atom. The number of rotatable bonds is 7. The van der Waals surface area contributed by atoms with Crippen LogP contribution in [0.2, 0.25) is 0 Å². The average molecular weight is 436 g/mol. The highest BCUT2D eigenvalue weighted by Gasteiger charge is 2.20. The van der Waals surface area contributed by atoms with Crippen molar-refractivity contribution in [3.05, 3.63) is 59.9 Å². The number of halogens is 1. The summed E-state index contributed by atoms with van der Waals surface area (Å²) >= 11 is 0. The minimum absolute atomic E-state index is 0.0611. The van der Waals surface area contributed by atoms with Gasteiger partial charge in [0.2, 0.25) is 10.0 Å². The summed E-state index contributed by atoms with van der Waals surface area (Å²) in [6.45, 7) is 3.08. The lowest BCUT2D eigenvalue weighted by Crippen LogP contribution is -2.48.